The summed E-state index contributed by atoms with van der Waals surface area (Å²) in [6.45, 7) is 0.682. The smallest absolute Gasteiger partial charge is 0.310 e. The number of esters is 1. The van der Waals surface area contributed by atoms with Crippen molar-refractivity contribution in [1.29, 1.82) is 0 Å². The second-order valence-corrected chi connectivity index (χ2v) is 4.61. The Labute approximate surface area is 116 Å². The maximum atomic E-state index is 13.8. The molecule has 5 nitrogen and oxygen atoms in total. The van der Waals surface area contributed by atoms with Crippen LogP contribution in [0.3, 0.4) is 0 Å². The van der Waals surface area contributed by atoms with Crippen molar-refractivity contribution in [3.63, 3.8) is 0 Å². The summed E-state index contributed by atoms with van der Waals surface area (Å²) >= 11 is 0. The Hall–Kier alpha value is -2.11. The van der Waals surface area contributed by atoms with Gasteiger partial charge in [-0.1, -0.05) is 0 Å². The van der Waals surface area contributed by atoms with E-state index in [4.69, 9.17) is 4.74 Å². The van der Waals surface area contributed by atoms with Crippen molar-refractivity contribution in [3.05, 3.63) is 29.6 Å². The number of carbonyl (C=O) groups is 2. The summed E-state index contributed by atoms with van der Waals surface area (Å²) in [5.74, 6) is -1.36. The highest BCUT2D eigenvalue weighted by molar-refractivity contribution is 5.95. The molecule has 1 aromatic carbocycles. The van der Waals surface area contributed by atoms with Gasteiger partial charge >= 0.3 is 5.97 Å². The topological polar surface area (TPSA) is 55.8 Å². The fourth-order valence-electron chi connectivity index (χ4n) is 2.27. The largest absolute Gasteiger partial charge is 0.497 e. The van der Waals surface area contributed by atoms with E-state index in [2.05, 4.69) is 4.74 Å². The summed E-state index contributed by atoms with van der Waals surface area (Å²) in [4.78, 5) is 25.1. The molecule has 0 aliphatic carbocycles. The van der Waals surface area contributed by atoms with Crippen molar-refractivity contribution in [2.24, 2.45) is 5.92 Å². The van der Waals surface area contributed by atoms with E-state index in [1.807, 2.05) is 0 Å². The predicted octanol–water partition coefficient (Wildman–Crippen LogP) is 1.47. The molecule has 0 bridgehead atoms. The number of nitrogens with zero attached hydrogens (tertiary/aromatic N) is 1. The van der Waals surface area contributed by atoms with Crippen molar-refractivity contribution in [2.45, 2.75) is 6.42 Å². The van der Waals surface area contributed by atoms with Gasteiger partial charge < -0.3 is 14.4 Å². The first-order chi connectivity index (χ1) is 9.56. The van der Waals surface area contributed by atoms with Gasteiger partial charge in [0.05, 0.1) is 25.7 Å². The number of carbonyl (C=O) groups excluding carboxylic acids is 2. The van der Waals surface area contributed by atoms with E-state index < -0.39 is 11.7 Å². The van der Waals surface area contributed by atoms with Crippen LogP contribution in [-0.2, 0) is 9.53 Å². The molecular formula is C14H16FNO4. The summed E-state index contributed by atoms with van der Waals surface area (Å²) in [6.07, 6.45) is 0.538. The minimum atomic E-state index is -0.629. The maximum Gasteiger partial charge on any atom is 0.310 e. The number of benzene rings is 1. The molecule has 1 aromatic rings. The number of hydrogen-bond acceptors (Lipinski definition) is 4. The van der Waals surface area contributed by atoms with E-state index in [1.165, 1.54) is 37.3 Å². The quantitative estimate of drug-likeness (QED) is 0.787. The molecule has 1 aliphatic rings. The molecule has 20 heavy (non-hydrogen) atoms. The van der Waals surface area contributed by atoms with Gasteiger partial charge in [0.25, 0.3) is 5.91 Å². The zero-order chi connectivity index (χ0) is 14.7. The lowest BCUT2D eigenvalue weighted by Gasteiger charge is -2.16. The average Bonchev–Trinajstić information content (AvgIpc) is 2.95. The summed E-state index contributed by atoms with van der Waals surface area (Å²) in [6, 6.07) is 4.09. The third-order valence-electron chi connectivity index (χ3n) is 3.42. The van der Waals surface area contributed by atoms with Crippen LogP contribution in [0.1, 0.15) is 16.8 Å². The molecular weight excluding hydrogens is 265 g/mol. The van der Waals surface area contributed by atoms with E-state index in [0.29, 0.717) is 18.7 Å². The standard InChI is InChI=1S/C14H16FNO4/c1-19-10-3-4-11(12(15)7-10)13(17)16-6-5-9(8-16)14(18)20-2/h3-4,7,9H,5-6,8H2,1-2H3. The molecule has 0 spiro atoms. The zero-order valence-corrected chi connectivity index (χ0v) is 11.4. The SMILES string of the molecule is COC(=O)C1CCN(C(=O)c2ccc(OC)cc2F)C1. The van der Waals surface area contributed by atoms with Gasteiger partial charge in [-0.3, -0.25) is 9.59 Å². The summed E-state index contributed by atoms with van der Waals surface area (Å²) in [5.41, 5.74) is -0.0173. The van der Waals surface area contributed by atoms with Crippen LogP contribution in [0, 0.1) is 11.7 Å². The first kappa shape index (κ1) is 14.3. The van der Waals surface area contributed by atoms with Gasteiger partial charge in [0.1, 0.15) is 11.6 Å². The van der Waals surface area contributed by atoms with Gasteiger partial charge in [-0.05, 0) is 18.6 Å². The fraction of sp³-hybridized carbons (Fsp3) is 0.429. The maximum absolute atomic E-state index is 13.8. The van der Waals surface area contributed by atoms with Crippen LogP contribution in [0.5, 0.6) is 5.75 Å². The van der Waals surface area contributed by atoms with Crippen LogP contribution < -0.4 is 4.74 Å². The first-order valence-corrected chi connectivity index (χ1v) is 6.27. The number of likely N-dealkylation sites (tertiary alicyclic amines) is 1. The van der Waals surface area contributed by atoms with Gasteiger partial charge in [-0.15, -0.1) is 0 Å². The minimum absolute atomic E-state index is 0.0173. The van der Waals surface area contributed by atoms with Gasteiger partial charge in [0, 0.05) is 19.2 Å². The summed E-state index contributed by atoms with van der Waals surface area (Å²) in [7, 11) is 2.74. The average molecular weight is 281 g/mol. The predicted molar refractivity (Wildman–Crippen MR) is 69.0 cm³/mol. The molecule has 1 aliphatic heterocycles. The molecule has 0 aromatic heterocycles. The van der Waals surface area contributed by atoms with E-state index in [0.717, 1.165) is 0 Å². The fourth-order valence-corrected chi connectivity index (χ4v) is 2.27. The van der Waals surface area contributed by atoms with E-state index in [9.17, 15) is 14.0 Å². The third kappa shape index (κ3) is 2.74. The Morgan fingerprint density at radius 1 is 1.35 bits per heavy atom. The van der Waals surface area contributed by atoms with E-state index >= 15 is 0 Å². The highest BCUT2D eigenvalue weighted by Gasteiger charge is 2.32. The molecule has 108 valence electrons. The molecule has 2 rings (SSSR count). The number of ether oxygens (including phenoxy) is 2. The molecule has 0 N–H and O–H groups in total. The van der Waals surface area contributed by atoms with Crippen LogP contribution in [0.15, 0.2) is 18.2 Å². The lowest BCUT2D eigenvalue weighted by atomic mass is 10.1. The molecule has 1 saturated heterocycles. The highest BCUT2D eigenvalue weighted by Crippen LogP contribution is 2.22. The van der Waals surface area contributed by atoms with Gasteiger partial charge in [0.15, 0.2) is 0 Å². The minimum Gasteiger partial charge on any atom is -0.497 e. The first-order valence-electron chi connectivity index (χ1n) is 6.27. The van der Waals surface area contributed by atoms with Crippen molar-refractivity contribution < 1.29 is 23.5 Å². The number of halogens is 1. The van der Waals surface area contributed by atoms with Crippen molar-refractivity contribution in [2.75, 3.05) is 27.3 Å². The third-order valence-corrected chi connectivity index (χ3v) is 3.42. The van der Waals surface area contributed by atoms with Gasteiger partial charge in [0.2, 0.25) is 0 Å². The number of hydrogen-bond donors (Lipinski definition) is 0. The number of amides is 1. The van der Waals surface area contributed by atoms with Gasteiger partial charge in [-0.25, -0.2) is 4.39 Å². The Balaban J connectivity index is 2.11. The Morgan fingerprint density at radius 3 is 2.70 bits per heavy atom. The second-order valence-electron chi connectivity index (χ2n) is 4.61. The monoisotopic (exact) mass is 281 g/mol. The normalized spacial score (nSPS) is 17.9. The number of rotatable bonds is 3. The zero-order valence-electron chi connectivity index (χ0n) is 11.4. The second kappa shape index (κ2) is 5.90. The van der Waals surface area contributed by atoms with Crippen LogP contribution in [0.25, 0.3) is 0 Å². The Kier molecular flexibility index (Phi) is 4.22. The molecule has 6 heteroatoms. The van der Waals surface area contributed by atoms with Crippen molar-refractivity contribution in [1.82, 2.24) is 4.90 Å². The van der Waals surface area contributed by atoms with Crippen LogP contribution in [0.2, 0.25) is 0 Å². The molecule has 0 radical (unpaired) electrons. The molecule has 1 amide bonds. The van der Waals surface area contributed by atoms with Crippen LogP contribution in [0.4, 0.5) is 4.39 Å². The molecule has 0 saturated carbocycles. The molecule has 1 fully saturated rings. The van der Waals surface area contributed by atoms with Crippen LogP contribution in [-0.4, -0.2) is 44.1 Å². The van der Waals surface area contributed by atoms with E-state index in [-0.39, 0.29) is 24.0 Å². The lowest BCUT2D eigenvalue weighted by molar-refractivity contribution is -0.144. The van der Waals surface area contributed by atoms with Crippen molar-refractivity contribution >= 4 is 11.9 Å². The molecule has 1 atom stereocenters. The van der Waals surface area contributed by atoms with Crippen LogP contribution >= 0.6 is 0 Å². The number of methoxy groups -OCH3 is 2. The Bertz CT molecular complexity index is 532. The van der Waals surface area contributed by atoms with Gasteiger partial charge in [-0.2, -0.15) is 0 Å². The lowest BCUT2D eigenvalue weighted by Crippen LogP contribution is -2.30. The summed E-state index contributed by atoms with van der Waals surface area (Å²) in [5, 5.41) is 0. The van der Waals surface area contributed by atoms with E-state index in [1.54, 1.807) is 0 Å². The molecule has 1 heterocycles. The Morgan fingerprint density at radius 2 is 2.10 bits per heavy atom. The highest BCUT2D eigenvalue weighted by atomic mass is 19.1. The van der Waals surface area contributed by atoms with Crippen molar-refractivity contribution in [3.8, 4) is 5.75 Å². The summed E-state index contributed by atoms with van der Waals surface area (Å²) < 4.78 is 23.4. The molecule has 1 unspecified atom stereocenters.